The van der Waals surface area contributed by atoms with Crippen molar-refractivity contribution in [3.63, 3.8) is 0 Å². The first-order chi connectivity index (χ1) is 12.5. The number of fused-ring (bicyclic) bond motifs is 1. The number of nitrogens with zero attached hydrogens (tertiary/aromatic N) is 1. The summed E-state index contributed by atoms with van der Waals surface area (Å²) in [5, 5.41) is 3.57. The smallest absolute Gasteiger partial charge is 0.323 e. The Hall–Kier alpha value is -2.08. The molecule has 1 aliphatic heterocycles. The van der Waals surface area contributed by atoms with Crippen LogP contribution in [-0.4, -0.2) is 36.5 Å². The van der Waals surface area contributed by atoms with Gasteiger partial charge in [-0.2, -0.15) is 0 Å². The topological polar surface area (TPSA) is 58.6 Å². The van der Waals surface area contributed by atoms with Crippen molar-refractivity contribution in [1.29, 1.82) is 0 Å². The molecule has 0 saturated carbocycles. The average molecular weight is 393 g/mol. The predicted octanol–water partition coefficient (Wildman–Crippen LogP) is 3.53. The van der Waals surface area contributed by atoms with E-state index in [1.165, 1.54) is 7.11 Å². The van der Waals surface area contributed by atoms with Crippen molar-refractivity contribution in [3.05, 3.63) is 63.6 Å². The van der Waals surface area contributed by atoms with Crippen molar-refractivity contribution < 1.29 is 14.3 Å². The molecule has 1 amide bonds. The number of carbonyl (C=O) groups excluding carboxylic acids is 2. The van der Waals surface area contributed by atoms with Crippen molar-refractivity contribution in [2.75, 3.05) is 19.0 Å². The third-order valence-corrected chi connectivity index (χ3v) is 5.11. The highest BCUT2D eigenvalue weighted by molar-refractivity contribution is 6.42. The van der Waals surface area contributed by atoms with Crippen LogP contribution in [0.4, 0.5) is 5.69 Å². The van der Waals surface area contributed by atoms with Crippen molar-refractivity contribution in [2.24, 2.45) is 0 Å². The van der Waals surface area contributed by atoms with Gasteiger partial charge in [-0.05, 0) is 35.7 Å². The van der Waals surface area contributed by atoms with Gasteiger partial charge in [-0.3, -0.25) is 14.5 Å². The number of amides is 1. The van der Waals surface area contributed by atoms with E-state index in [9.17, 15) is 9.59 Å². The molecular weight excluding hydrogens is 375 g/mol. The first kappa shape index (κ1) is 18.7. The molecule has 0 aromatic heterocycles. The number of esters is 1. The number of benzene rings is 2. The van der Waals surface area contributed by atoms with E-state index in [1.807, 2.05) is 29.2 Å². The average Bonchev–Trinajstić information content (AvgIpc) is 2.63. The quantitative estimate of drug-likeness (QED) is 0.808. The summed E-state index contributed by atoms with van der Waals surface area (Å²) < 4.78 is 4.92. The number of methoxy groups -OCH3 is 1. The summed E-state index contributed by atoms with van der Waals surface area (Å²) in [5.41, 5.74) is 2.76. The van der Waals surface area contributed by atoms with E-state index in [0.717, 1.165) is 11.1 Å². The molecule has 3 rings (SSSR count). The molecule has 0 unspecified atom stereocenters. The van der Waals surface area contributed by atoms with Gasteiger partial charge in [-0.1, -0.05) is 47.5 Å². The van der Waals surface area contributed by atoms with Gasteiger partial charge in [0.15, 0.2) is 0 Å². The molecule has 1 atom stereocenters. The van der Waals surface area contributed by atoms with Crippen LogP contribution in [0.5, 0.6) is 0 Å². The molecular formula is C19H18Cl2N2O3. The Bertz CT molecular complexity index is 841. The Kier molecular flexibility index (Phi) is 5.81. The first-order valence-electron chi connectivity index (χ1n) is 8.11. The number of hydrogen-bond acceptors (Lipinski definition) is 4. The molecule has 0 bridgehead atoms. The van der Waals surface area contributed by atoms with Crippen LogP contribution in [0, 0.1) is 0 Å². The molecule has 7 heteroatoms. The molecule has 1 aliphatic rings. The molecule has 0 spiro atoms. The summed E-state index contributed by atoms with van der Waals surface area (Å²) >= 11 is 11.9. The maximum atomic E-state index is 12.5. The molecule has 26 heavy (non-hydrogen) atoms. The molecule has 0 saturated heterocycles. The fraction of sp³-hybridized carbons (Fsp3) is 0.263. The molecule has 1 N–H and O–H groups in total. The summed E-state index contributed by atoms with van der Waals surface area (Å²) in [6, 6.07) is 12.3. The van der Waals surface area contributed by atoms with Gasteiger partial charge in [0.05, 0.1) is 23.7 Å². The zero-order valence-corrected chi connectivity index (χ0v) is 15.7. The van der Waals surface area contributed by atoms with E-state index in [1.54, 1.807) is 18.2 Å². The van der Waals surface area contributed by atoms with Crippen LogP contribution in [0.2, 0.25) is 10.0 Å². The fourth-order valence-corrected chi connectivity index (χ4v) is 3.37. The monoisotopic (exact) mass is 392 g/mol. The van der Waals surface area contributed by atoms with Gasteiger partial charge >= 0.3 is 5.97 Å². The van der Waals surface area contributed by atoms with Crippen molar-refractivity contribution in [2.45, 2.75) is 19.0 Å². The number of hydrogen-bond donors (Lipinski definition) is 1. The van der Waals surface area contributed by atoms with Gasteiger partial charge in [0, 0.05) is 12.2 Å². The zero-order chi connectivity index (χ0) is 18.7. The summed E-state index contributed by atoms with van der Waals surface area (Å²) in [4.78, 5) is 26.5. The van der Waals surface area contributed by atoms with Crippen LogP contribution in [-0.2, 0) is 27.3 Å². The van der Waals surface area contributed by atoms with E-state index >= 15 is 0 Å². The number of nitrogens with one attached hydrogen (secondary N) is 1. The molecule has 0 radical (unpaired) electrons. The lowest BCUT2D eigenvalue weighted by Gasteiger charge is -2.34. The Morgan fingerprint density at radius 2 is 1.88 bits per heavy atom. The third kappa shape index (κ3) is 4.18. The summed E-state index contributed by atoms with van der Waals surface area (Å²) in [7, 11) is 1.36. The van der Waals surface area contributed by atoms with Gasteiger partial charge in [0.1, 0.15) is 6.04 Å². The maximum Gasteiger partial charge on any atom is 0.323 e. The van der Waals surface area contributed by atoms with E-state index in [0.29, 0.717) is 28.7 Å². The predicted molar refractivity (Wildman–Crippen MR) is 101 cm³/mol. The minimum absolute atomic E-state index is 0.0638. The van der Waals surface area contributed by atoms with Crippen LogP contribution in [0.25, 0.3) is 0 Å². The van der Waals surface area contributed by atoms with Crippen LogP contribution < -0.4 is 5.32 Å². The molecule has 2 aromatic carbocycles. The Labute approximate surface area is 161 Å². The van der Waals surface area contributed by atoms with E-state index in [4.69, 9.17) is 27.9 Å². The van der Waals surface area contributed by atoms with Gasteiger partial charge < -0.3 is 10.1 Å². The van der Waals surface area contributed by atoms with Crippen LogP contribution in [0.15, 0.2) is 42.5 Å². The van der Waals surface area contributed by atoms with Gasteiger partial charge in [0.2, 0.25) is 5.91 Å². The SMILES string of the molecule is COC(=O)[C@H]1Cc2ccccc2CN1CC(=O)Nc1ccc(Cl)c(Cl)c1. The second-order valence-corrected chi connectivity index (χ2v) is 6.91. The molecule has 1 heterocycles. The number of halogens is 2. The first-order valence-corrected chi connectivity index (χ1v) is 8.87. The highest BCUT2D eigenvalue weighted by Gasteiger charge is 2.33. The van der Waals surface area contributed by atoms with Crippen molar-refractivity contribution in [1.82, 2.24) is 4.90 Å². The summed E-state index contributed by atoms with van der Waals surface area (Å²) in [6.07, 6.45) is 0.517. The Morgan fingerprint density at radius 3 is 2.58 bits per heavy atom. The van der Waals surface area contributed by atoms with Crippen LogP contribution >= 0.6 is 23.2 Å². The lowest BCUT2D eigenvalue weighted by atomic mass is 9.94. The minimum atomic E-state index is -0.491. The van der Waals surface area contributed by atoms with Gasteiger partial charge in [-0.25, -0.2) is 0 Å². The standard InChI is InChI=1S/C19H18Cl2N2O3/c1-26-19(25)17-8-12-4-2-3-5-13(12)10-23(17)11-18(24)22-14-6-7-15(20)16(21)9-14/h2-7,9,17H,8,10-11H2,1H3,(H,22,24)/t17-/m1/s1. The number of carbonyl (C=O) groups is 2. The second kappa shape index (κ2) is 8.08. The van der Waals surface area contributed by atoms with Crippen molar-refractivity contribution >= 4 is 40.8 Å². The molecule has 5 nitrogen and oxygen atoms in total. The highest BCUT2D eigenvalue weighted by atomic mass is 35.5. The summed E-state index contributed by atoms with van der Waals surface area (Å²) in [6.45, 7) is 0.569. The van der Waals surface area contributed by atoms with E-state index < -0.39 is 6.04 Å². The number of ether oxygens (including phenoxy) is 1. The Balaban J connectivity index is 1.74. The number of rotatable bonds is 4. The minimum Gasteiger partial charge on any atom is -0.468 e. The second-order valence-electron chi connectivity index (χ2n) is 6.09. The van der Waals surface area contributed by atoms with Crippen LogP contribution in [0.3, 0.4) is 0 Å². The number of anilines is 1. The Morgan fingerprint density at radius 1 is 1.15 bits per heavy atom. The van der Waals surface area contributed by atoms with E-state index in [-0.39, 0.29) is 18.4 Å². The third-order valence-electron chi connectivity index (χ3n) is 4.37. The normalized spacial score (nSPS) is 16.7. The molecule has 2 aromatic rings. The zero-order valence-electron chi connectivity index (χ0n) is 14.2. The molecule has 0 fully saturated rings. The fourth-order valence-electron chi connectivity index (χ4n) is 3.07. The lowest BCUT2D eigenvalue weighted by molar-refractivity contribution is -0.148. The van der Waals surface area contributed by atoms with Crippen molar-refractivity contribution in [3.8, 4) is 0 Å². The highest BCUT2D eigenvalue weighted by Crippen LogP contribution is 2.26. The lowest BCUT2D eigenvalue weighted by Crippen LogP contribution is -2.49. The molecule has 0 aliphatic carbocycles. The summed E-state index contributed by atoms with van der Waals surface area (Å²) in [5.74, 6) is -0.585. The van der Waals surface area contributed by atoms with Gasteiger partial charge in [0.25, 0.3) is 0 Å². The van der Waals surface area contributed by atoms with Gasteiger partial charge in [-0.15, -0.1) is 0 Å². The maximum absolute atomic E-state index is 12.5. The van der Waals surface area contributed by atoms with E-state index in [2.05, 4.69) is 5.32 Å². The molecule has 136 valence electrons. The van der Waals surface area contributed by atoms with Crippen LogP contribution in [0.1, 0.15) is 11.1 Å². The largest absolute Gasteiger partial charge is 0.468 e.